The summed E-state index contributed by atoms with van der Waals surface area (Å²) in [5.41, 5.74) is 1.21. The third-order valence-electron chi connectivity index (χ3n) is 4.27. The third-order valence-corrected chi connectivity index (χ3v) is 4.27. The summed E-state index contributed by atoms with van der Waals surface area (Å²) in [5.74, 6) is 0.583. The topological polar surface area (TPSA) is 32.8 Å². The number of hydrogen-bond acceptors (Lipinski definition) is 2. The highest BCUT2D eigenvalue weighted by Gasteiger charge is 2.48. The molecule has 0 N–H and O–H groups in total. The highest BCUT2D eigenvalue weighted by Crippen LogP contribution is 2.42. The Hall–Kier alpha value is -1.35. The average molecular weight is 245 g/mol. The maximum Gasteiger partial charge on any atom is 0.254 e. The second-order valence-corrected chi connectivity index (χ2v) is 5.72. The lowest BCUT2D eigenvalue weighted by Gasteiger charge is -2.36. The Morgan fingerprint density at radius 2 is 2.00 bits per heavy atom. The van der Waals surface area contributed by atoms with Crippen molar-refractivity contribution in [2.45, 2.75) is 37.8 Å². The van der Waals surface area contributed by atoms with E-state index in [0.29, 0.717) is 12.5 Å². The van der Waals surface area contributed by atoms with Gasteiger partial charge in [-0.15, -0.1) is 0 Å². The number of carbonyl (C=O) groups is 1. The highest BCUT2D eigenvalue weighted by molar-refractivity contribution is 5.84. The van der Waals surface area contributed by atoms with Gasteiger partial charge in [-0.1, -0.05) is 30.3 Å². The second kappa shape index (κ2) is 4.09. The van der Waals surface area contributed by atoms with Gasteiger partial charge in [0.15, 0.2) is 6.10 Å². The molecule has 2 unspecified atom stereocenters. The summed E-state index contributed by atoms with van der Waals surface area (Å²) in [4.78, 5) is 14.2. The van der Waals surface area contributed by atoms with Gasteiger partial charge in [0.2, 0.25) is 0 Å². The van der Waals surface area contributed by atoms with Crippen molar-refractivity contribution in [2.24, 2.45) is 0 Å². The van der Waals surface area contributed by atoms with Crippen LogP contribution in [0.1, 0.15) is 31.7 Å². The lowest BCUT2D eigenvalue weighted by Crippen LogP contribution is -2.47. The first-order valence-corrected chi connectivity index (χ1v) is 6.59. The molecule has 2 fully saturated rings. The molecular weight excluding hydrogens is 226 g/mol. The molecule has 0 aliphatic carbocycles. The summed E-state index contributed by atoms with van der Waals surface area (Å²) in [6, 6.07) is 10.5. The molecule has 18 heavy (non-hydrogen) atoms. The van der Waals surface area contributed by atoms with Crippen LogP contribution in [0, 0.1) is 0 Å². The van der Waals surface area contributed by atoms with Crippen molar-refractivity contribution in [3.8, 4) is 0 Å². The predicted octanol–water partition coefficient (Wildman–Crippen LogP) is 2.18. The summed E-state index contributed by atoms with van der Waals surface area (Å²) < 4.78 is 5.13. The number of carbonyl (C=O) groups excluding carboxylic acids is 1. The molecule has 1 aromatic carbocycles. The summed E-state index contributed by atoms with van der Waals surface area (Å²) >= 11 is 0. The van der Waals surface area contributed by atoms with Gasteiger partial charge < -0.3 is 9.64 Å². The zero-order valence-electron chi connectivity index (χ0n) is 10.9. The van der Waals surface area contributed by atoms with Crippen LogP contribution < -0.4 is 0 Å². The Kier molecular flexibility index (Phi) is 2.67. The second-order valence-electron chi connectivity index (χ2n) is 5.72. The average Bonchev–Trinajstić information content (AvgIpc) is 3.14. The van der Waals surface area contributed by atoms with Crippen molar-refractivity contribution in [3.63, 3.8) is 0 Å². The largest absolute Gasteiger partial charge is 0.363 e. The Bertz CT molecular complexity index is 451. The van der Waals surface area contributed by atoms with E-state index in [4.69, 9.17) is 4.74 Å². The van der Waals surface area contributed by atoms with E-state index in [0.717, 1.165) is 13.0 Å². The SMILES string of the molecule is CC1(C)C(c2ccccc2)CCN1C(=O)C1CO1. The number of amides is 1. The Morgan fingerprint density at radius 3 is 2.61 bits per heavy atom. The van der Waals surface area contributed by atoms with Crippen LogP contribution in [0.25, 0.3) is 0 Å². The molecule has 1 aromatic rings. The molecular formula is C15H19NO2. The number of hydrogen-bond donors (Lipinski definition) is 0. The van der Waals surface area contributed by atoms with Gasteiger partial charge in [-0.05, 0) is 25.8 Å². The summed E-state index contributed by atoms with van der Waals surface area (Å²) in [6.07, 6.45) is 0.869. The van der Waals surface area contributed by atoms with Crippen LogP contribution in [0.4, 0.5) is 0 Å². The van der Waals surface area contributed by atoms with Crippen LogP contribution in [0.3, 0.4) is 0 Å². The summed E-state index contributed by atoms with van der Waals surface area (Å²) in [5, 5.41) is 0. The molecule has 2 aliphatic heterocycles. The van der Waals surface area contributed by atoms with E-state index in [1.807, 2.05) is 11.0 Å². The van der Waals surface area contributed by atoms with Crippen LogP contribution in [-0.2, 0) is 9.53 Å². The van der Waals surface area contributed by atoms with Crippen LogP contribution in [-0.4, -0.2) is 35.6 Å². The minimum atomic E-state index is -0.168. The van der Waals surface area contributed by atoms with Gasteiger partial charge in [-0.3, -0.25) is 4.79 Å². The van der Waals surface area contributed by atoms with Gasteiger partial charge in [-0.25, -0.2) is 0 Å². The third kappa shape index (κ3) is 1.83. The first kappa shape index (κ1) is 11.7. The molecule has 2 heterocycles. The molecule has 2 atom stereocenters. The van der Waals surface area contributed by atoms with Crippen molar-refractivity contribution in [1.82, 2.24) is 4.90 Å². The zero-order valence-corrected chi connectivity index (χ0v) is 10.9. The van der Waals surface area contributed by atoms with E-state index in [1.165, 1.54) is 5.56 Å². The molecule has 0 bridgehead atoms. The van der Waals surface area contributed by atoms with Gasteiger partial charge >= 0.3 is 0 Å². The standard InChI is InChI=1S/C15H19NO2/c1-15(2)12(11-6-4-3-5-7-11)8-9-16(15)14(17)13-10-18-13/h3-7,12-13H,8-10H2,1-2H3. The van der Waals surface area contributed by atoms with E-state index in [2.05, 4.69) is 38.1 Å². The van der Waals surface area contributed by atoms with Gasteiger partial charge in [0, 0.05) is 18.0 Å². The fraction of sp³-hybridized carbons (Fsp3) is 0.533. The molecule has 0 radical (unpaired) electrons. The summed E-state index contributed by atoms with van der Waals surface area (Å²) in [7, 11) is 0. The first-order chi connectivity index (χ1) is 8.60. The van der Waals surface area contributed by atoms with E-state index in [-0.39, 0.29) is 17.6 Å². The van der Waals surface area contributed by atoms with Gasteiger partial charge in [-0.2, -0.15) is 0 Å². The molecule has 3 nitrogen and oxygen atoms in total. The number of ether oxygens (including phenoxy) is 1. The van der Waals surface area contributed by atoms with Crippen molar-refractivity contribution >= 4 is 5.91 Å². The van der Waals surface area contributed by atoms with Gasteiger partial charge in [0.05, 0.1) is 6.61 Å². The molecule has 1 amide bonds. The quantitative estimate of drug-likeness (QED) is 0.748. The smallest absolute Gasteiger partial charge is 0.254 e. The van der Waals surface area contributed by atoms with E-state index < -0.39 is 0 Å². The van der Waals surface area contributed by atoms with E-state index in [9.17, 15) is 4.79 Å². The van der Waals surface area contributed by atoms with Crippen molar-refractivity contribution in [1.29, 1.82) is 0 Å². The first-order valence-electron chi connectivity index (χ1n) is 6.59. The molecule has 0 saturated carbocycles. The lowest BCUT2D eigenvalue weighted by molar-refractivity contribution is -0.135. The molecule has 3 heteroatoms. The van der Waals surface area contributed by atoms with Gasteiger partial charge in [0.1, 0.15) is 0 Å². The highest BCUT2D eigenvalue weighted by atomic mass is 16.6. The molecule has 3 rings (SSSR count). The van der Waals surface area contributed by atoms with Crippen molar-refractivity contribution < 1.29 is 9.53 Å². The maximum absolute atomic E-state index is 12.2. The summed E-state index contributed by atoms with van der Waals surface area (Å²) in [6.45, 7) is 5.77. The van der Waals surface area contributed by atoms with E-state index >= 15 is 0 Å². The minimum Gasteiger partial charge on any atom is -0.363 e. The molecule has 2 saturated heterocycles. The number of nitrogens with zero attached hydrogens (tertiary/aromatic N) is 1. The lowest BCUT2D eigenvalue weighted by atomic mass is 9.82. The van der Waals surface area contributed by atoms with Gasteiger partial charge in [0.25, 0.3) is 5.91 Å². The molecule has 2 aliphatic rings. The normalized spacial score (nSPS) is 29.3. The molecule has 0 spiro atoms. The minimum absolute atomic E-state index is 0.121. The number of likely N-dealkylation sites (tertiary alicyclic amines) is 1. The fourth-order valence-corrected chi connectivity index (χ4v) is 3.11. The monoisotopic (exact) mass is 245 g/mol. The molecule has 96 valence electrons. The zero-order chi connectivity index (χ0) is 12.8. The number of epoxide rings is 1. The predicted molar refractivity (Wildman–Crippen MR) is 69.3 cm³/mol. The van der Waals surface area contributed by atoms with Crippen LogP contribution in [0.2, 0.25) is 0 Å². The Morgan fingerprint density at radius 1 is 1.33 bits per heavy atom. The maximum atomic E-state index is 12.2. The Balaban J connectivity index is 1.84. The van der Waals surface area contributed by atoms with Crippen LogP contribution in [0.15, 0.2) is 30.3 Å². The van der Waals surface area contributed by atoms with Crippen LogP contribution in [0.5, 0.6) is 0 Å². The molecule has 0 aromatic heterocycles. The fourth-order valence-electron chi connectivity index (χ4n) is 3.11. The Labute approximate surface area is 108 Å². The van der Waals surface area contributed by atoms with E-state index in [1.54, 1.807) is 0 Å². The van der Waals surface area contributed by atoms with Crippen LogP contribution >= 0.6 is 0 Å². The number of rotatable bonds is 2. The number of benzene rings is 1. The van der Waals surface area contributed by atoms with Crippen molar-refractivity contribution in [3.05, 3.63) is 35.9 Å². The van der Waals surface area contributed by atoms with Crippen molar-refractivity contribution in [2.75, 3.05) is 13.2 Å².